The minimum atomic E-state index is -0.366. The van der Waals surface area contributed by atoms with Crippen molar-refractivity contribution in [2.75, 3.05) is 17.5 Å². The molecule has 2 aromatic rings. The van der Waals surface area contributed by atoms with E-state index in [2.05, 4.69) is 21.3 Å². The van der Waals surface area contributed by atoms with Crippen LogP contribution >= 0.6 is 0 Å². The van der Waals surface area contributed by atoms with E-state index in [9.17, 15) is 9.59 Å². The Kier molecular flexibility index (Phi) is 3.07. The van der Waals surface area contributed by atoms with Crippen LogP contribution in [0.15, 0.2) is 30.6 Å². The van der Waals surface area contributed by atoms with Crippen LogP contribution in [0.25, 0.3) is 0 Å². The number of aryl methyl sites for hydroxylation is 1. The predicted molar refractivity (Wildman–Crippen MR) is 76.8 cm³/mol. The van der Waals surface area contributed by atoms with Crippen molar-refractivity contribution in [2.45, 2.75) is 6.92 Å². The number of nitrogens with zero attached hydrogens (tertiary/aromatic N) is 3. The molecule has 0 saturated carbocycles. The van der Waals surface area contributed by atoms with Gasteiger partial charge in [0.15, 0.2) is 11.5 Å². The molecule has 0 bridgehead atoms. The third-order valence-corrected chi connectivity index (χ3v) is 3.19. The molecule has 1 aromatic heterocycles. The minimum absolute atomic E-state index is 0.155. The van der Waals surface area contributed by atoms with Gasteiger partial charge in [-0.15, -0.1) is 5.53 Å². The summed E-state index contributed by atoms with van der Waals surface area (Å²) >= 11 is 0. The fourth-order valence-corrected chi connectivity index (χ4v) is 2.03. The molecule has 0 radical (unpaired) electrons. The number of rotatable bonds is 2. The number of carbonyl (C=O) groups excluding carboxylic acids is 2. The van der Waals surface area contributed by atoms with E-state index >= 15 is 0 Å². The van der Waals surface area contributed by atoms with Gasteiger partial charge in [-0.05, 0) is 19.1 Å². The molecule has 0 atom stereocenters. The Morgan fingerprint density at radius 1 is 1.29 bits per heavy atom. The van der Waals surface area contributed by atoms with Crippen LogP contribution in [0.2, 0.25) is 0 Å². The van der Waals surface area contributed by atoms with E-state index < -0.39 is 0 Å². The van der Waals surface area contributed by atoms with Gasteiger partial charge in [-0.2, -0.15) is 0 Å². The van der Waals surface area contributed by atoms with Crippen LogP contribution in [0.3, 0.4) is 0 Å². The molecule has 3 N–H and O–H groups in total. The van der Waals surface area contributed by atoms with Gasteiger partial charge in [0.2, 0.25) is 0 Å². The lowest BCUT2D eigenvalue weighted by Crippen LogP contribution is -2.53. The fourth-order valence-electron chi connectivity index (χ4n) is 2.03. The standard InChI is InChI=1S/C13H14N6O2/c1-8-3-5-9(6-4-8)19-13(21)18-7-15-10(12(20)14-2)11(18)16-17-19/h3-7,16-17H,1-2H3,(H,14,20). The molecule has 21 heavy (non-hydrogen) atoms. The lowest BCUT2D eigenvalue weighted by atomic mass is 10.2. The minimum Gasteiger partial charge on any atom is -0.354 e. The SMILES string of the molecule is CNC(=O)c1ncn2c1NNN(c1ccc(C)cc1)C2=O. The van der Waals surface area contributed by atoms with Gasteiger partial charge in [0.05, 0.1) is 5.69 Å². The number of imidazole rings is 1. The van der Waals surface area contributed by atoms with Crippen LogP contribution in [0.4, 0.5) is 16.3 Å². The summed E-state index contributed by atoms with van der Waals surface area (Å²) in [6, 6.07) is 7.11. The van der Waals surface area contributed by atoms with E-state index in [-0.39, 0.29) is 17.6 Å². The molecule has 8 nitrogen and oxygen atoms in total. The van der Waals surface area contributed by atoms with E-state index in [0.717, 1.165) is 5.56 Å². The maximum absolute atomic E-state index is 12.4. The lowest BCUT2D eigenvalue weighted by molar-refractivity contribution is 0.0959. The fraction of sp³-hybridized carbons (Fsp3) is 0.154. The summed E-state index contributed by atoms with van der Waals surface area (Å²) in [4.78, 5) is 28.1. The van der Waals surface area contributed by atoms with Gasteiger partial charge < -0.3 is 5.32 Å². The van der Waals surface area contributed by atoms with Crippen molar-refractivity contribution >= 4 is 23.4 Å². The molecular weight excluding hydrogens is 272 g/mol. The van der Waals surface area contributed by atoms with Crippen LogP contribution in [-0.4, -0.2) is 28.5 Å². The molecule has 2 amide bonds. The highest BCUT2D eigenvalue weighted by atomic mass is 16.2. The van der Waals surface area contributed by atoms with Gasteiger partial charge in [-0.25, -0.2) is 19.4 Å². The number of benzene rings is 1. The Hall–Kier alpha value is -2.87. The Morgan fingerprint density at radius 2 is 2.00 bits per heavy atom. The molecule has 1 aliphatic rings. The number of carbonyl (C=O) groups is 2. The summed E-state index contributed by atoms with van der Waals surface area (Å²) in [5.41, 5.74) is 7.51. The molecular formula is C13H14N6O2. The van der Waals surface area contributed by atoms with Gasteiger partial charge >= 0.3 is 6.03 Å². The molecule has 3 rings (SSSR count). The van der Waals surface area contributed by atoms with Gasteiger partial charge in [-0.1, -0.05) is 17.7 Å². The molecule has 8 heteroatoms. The summed E-state index contributed by atoms with van der Waals surface area (Å²) in [5, 5.41) is 3.81. The molecule has 0 unspecified atom stereocenters. The third kappa shape index (κ3) is 2.11. The Morgan fingerprint density at radius 3 is 2.67 bits per heavy atom. The highest BCUT2D eigenvalue weighted by Gasteiger charge is 2.29. The van der Waals surface area contributed by atoms with E-state index in [1.807, 2.05) is 31.2 Å². The summed E-state index contributed by atoms with van der Waals surface area (Å²) in [7, 11) is 1.50. The first-order chi connectivity index (χ1) is 10.1. The topological polar surface area (TPSA) is 91.3 Å². The van der Waals surface area contributed by atoms with Crippen molar-refractivity contribution in [3.63, 3.8) is 0 Å². The second kappa shape index (κ2) is 4.91. The zero-order valence-electron chi connectivity index (χ0n) is 11.5. The molecule has 0 saturated heterocycles. The monoisotopic (exact) mass is 286 g/mol. The molecule has 1 aliphatic heterocycles. The summed E-state index contributed by atoms with van der Waals surface area (Å²) in [6.45, 7) is 1.97. The van der Waals surface area contributed by atoms with Crippen molar-refractivity contribution in [1.82, 2.24) is 20.4 Å². The normalized spacial score (nSPS) is 13.6. The Bertz CT molecular complexity index is 706. The van der Waals surface area contributed by atoms with Crippen molar-refractivity contribution in [1.29, 1.82) is 0 Å². The van der Waals surface area contributed by atoms with Gasteiger partial charge in [0.1, 0.15) is 6.33 Å². The first-order valence-electron chi connectivity index (χ1n) is 6.34. The number of anilines is 2. The Balaban J connectivity index is 1.95. The first-order valence-corrected chi connectivity index (χ1v) is 6.34. The number of hydrazine groups is 2. The number of hydrogen-bond donors (Lipinski definition) is 3. The first kappa shape index (κ1) is 13.1. The van der Waals surface area contributed by atoms with Crippen molar-refractivity contribution in [3.05, 3.63) is 41.9 Å². The van der Waals surface area contributed by atoms with Crippen LogP contribution in [0.5, 0.6) is 0 Å². The quantitative estimate of drug-likeness (QED) is 0.762. The van der Waals surface area contributed by atoms with E-state index in [0.29, 0.717) is 11.5 Å². The number of hydrogen-bond acceptors (Lipinski definition) is 5. The largest absolute Gasteiger partial charge is 0.354 e. The van der Waals surface area contributed by atoms with Crippen LogP contribution in [0.1, 0.15) is 16.1 Å². The van der Waals surface area contributed by atoms with Crippen LogP contribution in [0, 0.1) is 6.92 Å². The number of amides is 2. The van der Waals surface area contributed by atoms with E-state index in [1.165, 1.54) is 23.0 Å². The molecule has 0 aliphatic carbocycles. The van der Waals surface area contributed by atoms with Gasteiger partial charge in [-0.3, -0.25) is 10.2 Å². The van der Waals surface area contributed by atoms with Crippen molar-refractivity contribution < 1.29 is 9.59 Å². The van der Waals surface area contributed by atoms with Crippen LogP contribution in [-0.2, 0) is 0 Å². The summed E-state index contributed by atoms with van der Waals surface area (Å²) < 4.78 is 1.28. The average molecular weight is 286 g/mol. The zero-order valence-corrected chi connectivity index (χ0v) is 11.5. The molecule has 0 fully saturated rings. The van der Waals surface area contributed by atoms with E-state index in [1.54, 1.807) is 0 Å². The third-order valence-electron chi connectivity index (χ3n) is 3.19. The number of fused-ring (bicyclic) bond motifs is 1. The predicted octanol–water partition coefficient (Wildman–Crippen LogP) is 0.871. The summed E-state index contributed by atoms with van der Waals surface area (Å²) in [6.07, 6.45) is 1.32. The van der Waals surface area contributed by atoms with Crippen LogP contribution < -0.4 is 21.3 Å². The zero-order chi connectivity index (χ0) is 15.0. The van der Waals surface area contributed by atoms with Crippen molar-refractivity contribution in [2.24, 2.45) is 0 Å². The Labute approximate surface area is 120 Å². The highest BCUT2D eigenvalue weighted by molar-refractivity contribution is 6.02. The highest BCUT2D eigenvalue weighted by Crippen LogP contribution is 2.22. The van der Waals surface area contributed by atoms with Gasteiger partial charge in [0, 0.05) is 7.05 Å². The van der Waals surface area contributed by atoms with Gasteiger partial charge in [0.25, 0.3) is 5.91 Å². The smallest absolute Gasteiger partial charge is 0.351 e. The van der Waals surface area contributed by atoms with Crippen molar-refractivity contribution in [3.8, 4) is 0 Å². The second-order valence-electron chi connectivity index (χ2n) is 4.58. The maximum Gasteiger partial charge on any atom is 0.351 e. The molecule has 1 aromatic carbocycles. The maximum atomic E-state index is 12.4. The molecule has 0 spiro atoms. The number of nitrogens with one attached hydrogen (secondary N) is 3. The van der Waals surface area contributed by atoms with E-state index in [4.69, 9.17) is 0 Å². The molecule has 2 heterocycles. The molecule has 108 valence electrons. The number of aromatic nitrogens is 2. The second-order valence-corrected chi connectivity index (χ2v) is 4.58. The average Bonchev–Trinajstić information content (AvgIpc) is 2.93. The lowest BCUT2D eigenvalue weighted by Gasteiger charge is -2.29. The summed E-state index contributed by atoms with van der Waals surface area (Å²) in [5.74, 6) is -0.0580.